The Morgan fingerprint density at radius 3 is 2.41 bits per heavy atom. The van der Waals surface area contributed by atoms with E-state index < -0.39 is 0 Å². The van der Waals surface area contributed by atoms with E-state index in [1.54, 1.807) is 14.2 Å². The lowest BCUT2D eigenvalue weighted by Gasteiger charge is -2.25. The van der Waals surface area contributed by atoms with Crippen molar-refractivity contribution in [2.24, 2.45) is 5.92 Å². The van der Waals surface area contributed by atoms with Gasteiger partial charge >= 0.3 is 0 Å². The minimum atomic E-state index is 0.616. The summed E-state index contributed by atoms with van der Waals surface area (Å²) in [6, 6.07) is 6.06. The molecule has 4 heteroatoms. The van der Waals surface area contributed by atoms with Crippen LogP contribution in [-0.2, 0) is 6.42 Å². The highest BCUT2D eigenvalue weighted by Gasteiger charge is 2.18. The summed E-state index contributed by atoms with van der Waals surface area (Å²) in [5.41, 5.74) is 6.36. The third kappa shape index (κ3) is 4.43. The Morgan fingerprint density at radius 1 is 1.14 bits per heavy atom. The summed E-state index contributed by atoms with van der Waals surface area (Å²) in [6.45, 7) is 13.2. The van der Waals surface area contributed by atoms with Gasteiger partial charge in [-0.2, -0.15) is 0 Å². The van der Waals surface area contributed by atoms with Gasteiger partial charge in [-0.15, -0.1) is 0 Å². The molecule has 1 aliphatic rings. The molecule has 156 valence electrons. The number of H-pyrrole nitrogens is 1. The van der Waals surface area contributed by atoms with Crippen LogP contribution in [0.5, 0.6) is 11.5 Å². The van der Waals surface area contributed by atoms with Crippen LogP contribution in [0.25, 0.3) is 23.9 Å². The first kappa shape index (κ1) is 21.3. The summed E-state index contributed by atoms with van der Waals surface area (Å²) in [6.07, 6.45) is 5.70. The lowest BCUT2D eigenvalue weighted by atomic mass is 9.86. The molecular weight excluding hydrogens is 360 g/mol. The first-order valence-corrected chi connectivity index (χ1v) is 10.5. The monoisotopic (exact) mass is 394 g/mol. The summed E-state index contributed by atoms with van der Waals surface area (Å²) < 4.78 is 10.9. The predicted molar refractivity (Wildman–Crippen MR) is 122 cm³/mol. The van der Waals surface area contributed by atoms with E-state index >= 15 is 0 Å². The van der Waals surface area contributed by atoms with Gasteiger partial charge < -0.3 is 19.8 Å². The van der Waals surface area contributed by atoms with Crippen molar-refractivity contribution in [1.29, 1.82) is 0 Å². The lowest BCUT2D eigenvalue weighted by Crippen LogP contribution is -2.30. The van der Waals surface area contributed by atoms with E-state index in [0.29, 0.717) is 5.92 Å². The van der Waals surface area contributed by atoms with E-state index in [2.05, 4.69) is 49.8 Å². The zero-order valence-electron chi connectivity index (χ0n) is 18.4. The number of nitrogens with one attached hydrogen (secondary N) is 2. The van der Waals surface area contributed by atoms with Gasteiger partial charge in [0.15, 0.2) is 11.5 Å². The second-order valence-corrected chi connectivity index (χ2v) is 7.92. The SMILES string of the molecule is C=c1[nH]c(-c2ccc(OC)c(OC)c2)c(CC)/c1=C/C(=C(C)C)C1CCNCC1. The Morgan fingerprint density at radius 2 is 1.83 bits per heavy atom. The van der Waals surface area contributed by atoms with Crippen LogP contribution in [0.2, 0.25) is 0 Å². The van der Waals surface area contributed by atoms with Crippen LogP contribution in [0.4, 0.5) is 0 Å². The standard InChI is InChI=1S/C25H34N2O2/c1-7-20-22(15-21(16(2)3)18-10-12-26-13-11-18)17(4)27-25(20)19-8-9-23(28-5)24(14-19)29-6/h8-9,14-15,18,26-27H,4,7,10-13H2,1-3,5-6H3/b22-15+. The van der Waals surface area contributed by atoms with E-state index in [9.17, 15) is 0 Å². The molecule has 1 aromatic carbocycles. The van der Waals surface area contributed by atoms with Gasteiger partial charge in [0.1, 0.15) is 0 Å². The molecule has 0 saturated carbocycles. The maximum Gasteiger partial charge on any atom is 0.161 e. The van der Waals surface area contributed by atoms with Gasteiger partial charge in [-0.3, -0.25) is 0 Å². The molecule has 1 aromatic heterocycles. The molecule has 1 aliphatic heterocycles. The van der Waals surface area contributed by atoms with Crippen molar-refractivity contribution < 1.29 is 9.47 Å². The molecule has 4 nitrogen and oxygen atoms in total. The summed E-state index contributed by atoms with van der Waals surface area (Å²) >= 11 is 0. The molecule has 1 saturated heterocycles. The average molecular weight is 395 g/mol. The minimum absolute atomic E-state index is 0.616. The number of hydrogen-bond donors (Lipinski definition) is 2. The fourth-order valence-electron chi connectivity index (χ4n) is 4.35. The van der Waals surface area contributed by atoms with E-state index in [0.717, 1.165) is 47.6 Å². The quantitative estimate of drug-likeness (QED) is 0.784. The first-order chi connectivity index (χ1) is 14.0. The highest BCUT2D eigenvalue weighted by atomic mass is 16.5. The topological polar surface area (TPSA) is 46.3 Å². The second-order valence-electron chi connectivity index (χ2n) is 7.92. The second kappa shape index (κ2) is 9.36. The Labute approximate surface area is 174 Å². The van der Waals surface area contributed by atoms with Crippen LogP contribution in [0.1, 0.15) is 39.2 Å². The van der Waals surface area contributed by atoms with Crippen LogP contribution < -0.4 is 25.4 Å². The van der Waals surface area contributed by atoms with Gasteiger partial charge in [0.25, 0.3) is 0 Å². The normalized spacial score (nSPS) is 15.4. The van der Waals surface area contributed by atoms with Gasteiger partial charge in [-0.25, -0.2) is 0 Å². The molecule has 2 N–H and O–H groups in total. The Hall–Kier alpha value is -2.46. The fourth-order valence-corrected chi connectivity index (χ4v) is 4.35. The number of allylic oxidation sites excluding steroid dienone is 2. The van der Waals surface area contributed by atoms with Crippen molar-refractivity contribution in [3.05, 3.63) is 45.5 Å². The van der Waals surface area contributed by atoms with Gasteiger partial charge in [0.05, 0.1) is 14.2 Å². The average Bonchev–Trinajstić information content (AvgIpc) is 3.06. The van der Waals surface area contributed by atoms with Gasteiger partial charge in [0.2, 0.25) is 0 Å². The Bertz CT molecular complexity index is 991. The van der Waals surface area contributed by atoms with Crippen LogP contribution in [-0.4, -0.2) is 32.3 Å². The van der Waals surface area contributed by atoms with Crippen molar-refractivity contribution >= 4 is 12.7 Å². The van der Waals surface area contributed by atoms with E-state index in [1.807, 2.05) is 12.1 Å². The minimum Gasteiger partial charge on any atom is -0.493 e. The van der Waals surface area contributed by atoms with Gasteiger partial charge in [0, 0.05) is 21.8 Å². The van der Waals surface area contributed by atoms with Crippen LogP contribution >= 0.6 is 0 Å². The summed E-state index contributed by atoms with van der Waals surface area (Å²) in [5, 5.41) is 5.68. The van der Waals surface area contributed by atoms with Crippen LogP contribution in [0.3, 0.4) is 0 Å². The predicted octanol–water partition coefficient (Wildman–Crippen LogP) is 3.79. The van der Waals surface area contributed by atoms with Crippen molar-refractivity contribution in [3.8, 4) is 22.8 Å². The maximum absolute atomic E-state index is 5.51. The molecule has 0 radical (unpaired) electrons. The van der Waals surface area contributed by atoms with Crippen molar-refractivity contribution in [2.75, 3.05) is 27.3 Å². The first-order valence-electron chi connectivity index (χ1n) is 10.5. The smallest absolute Gasteiger partial charge is 0.161 e. The molecule has 0 spiro atoms. The molecule has 2 heterocycles. The zero-order valence-corrected chi connectivity index (χ0v) is 18.4. The maximum atomic E-state index is 5.51. The highest BCUT2D eigenvalue weighted by molar-refractivity contribution is 5.69. The molecule has 0 aliphatic carbocycles. The number of rotatable bonds is 6. The number of benzene rings is 1. The summed E-state index contributed by atoms with van der Waals surface area (Å²) in [7, 11) is 3.33. The third-order valence-corrected chi connectivity index (χ3v) is 5.91. The van der Waals surface area contributed by atoms with Gasteiger partial charge in [-0.05, 0) is 87.5 Å². The molecule has 0 unspecified atom stereocenters. The molecule has 1 fully saturated rings. The fraction of sp³-hybridized carbons (Fsp3) is 0.440. The number of hydrogen-bond acceptors (Lipinski definition) is 3. The number of ether oxygens (including phenoxy) is 2. The molecule has 2 aromatic rings. The summed E-state index contributed by atoms with van der Waals surface area (Å²) in [4.78, 5) is 3.54. The van der Waals surface area contributed by atoms with E-state index in [-0.39, 0.29) is 0 Å². The molecular formula is C25H34N2O2. The highest BCUT2D eigenvalue weighted by Crippen LogP contribution is 2.32. The Balaban J connectivity index is 2.13. The number of piperidine rings is 1. The zero-order chi connectivity index (χ0) is 21.0. The van der Waals surface area contributed by atoms with Crippen LogP contribution in [0.15, 0.2) is 29.3 Å². The van der Waals surface area contributed by atoms with E-state index in [4.69, 9.17) is 9.47 Å². The lowest BCUT2D eigenvalue weighted by molar-refractivity contribution is 0.355. The van der Waals surface area contributed by atoms with Crippen molar-refractivity contribution in [2.45, 2.75) is 40.0 Å². The molecule has 3 rings (SSSR count). The van der Waals surface area contributed by atoms with Crippen LogP contribution in [0, 0.1) is 5.92 Å². The number of methoxy groups -OCH3 is 2. The molecule has 0 amide bonds. The number of aromatic amines is 1. The van der Waals surface area contributed by atoms with E-state index in [1.165, 1.54) is 34.8 Å². The molecule has 0 bridgehead atoms. The molecule has 29 heavy (non-hydrogen) atoms. The Kier molecular flexibility index (Phi) is 6.86. The largest absolute Gasteiger partial charge is 0.493 e. The number of aromatic nitrogens is 1. The van der Waals surface area contributed by atoms with Gasteiger partial charge in [-0.1, -0.05) is 19.1 Å². The summed E-state index contributed by atoms with van der Waals surface area (Å²) in [5.74, 6) is 2.09. The third-order valence-electron chi connectivity index (χ3n) is 5.91. The van der Waals surface area contributed by atoms with Crippen molar-refractivity contribution in [3.63, 3.8) is 0 Å². The molecule has 0 atom stereocenters. The van der Waals surface area contributed by atoms with Crippen molar-refractivity contribution in [1.82, 2.24) is 10.3 Å².